The van der Waals surface area contributed by atoms with Gasteiger partial charge in [-0.25, -0.2) is 0 Å². The molecule has 15 nitrogen and oxygen atoms in total. The van der Waals surface area contributed by atoms with E-state index in [1.807, 2.05) is 60.5 Å². The minimum absolute atomic E-state index is 0. The molecule has 0 spiro atoms. The monoisotopic (exact) mass is 841 g/mol. The van der Waals surface area contributed by atoms with E-state index in [-0.39, 0.29) is 119 Å². The van der Waals surface area contributed by atoms with Crippen LogP contribution in [0.5, 0.6) is 5.75 Å². The summed E-state index contributed by atoms with van der Waals surface area (Å²) in [4.78, 5) is 82.0. The molecule has 314 valence electrons. The van der Waals surface area contributed by atoms with E-state index < -0.39 is 44.1 Å². The molecule has 8 atom stereocenters. The molecule has 1 heterocycles. The fourth-order valence-corrected chi connectivity index (χ4v) is 8.13. The molecule has 57 heavy (non-hydrogen) atoms. The molecular formula is C39H66N5Na2O10P. The molecule has 0 bridgehead atoms. The van der Waals surface area contributed by atoms with Crippen LogP contribution in [0.4, 0.5) is 0 Å². The first-order chi connectivity index (χ1) is 25.7. The Labute approximate surface area is 385 Å². The van der Waals surface area contributed by atoms with Crippen LogP contribution in [0.3, 0.4) is 0 Å². The van der Waals surface area contributed by atoms with Gasteiger partial charge in [0.05, 0.1) is 42.7 Å². The fraction of sp³-hybridized carbons (Fsp3) is 0.744. The van der Waals surface area contributed by atoms with Crippen molar-refractivity contribution >= 4 is 31.5 Å². The Morgan fingerprint density at radius 3 is 2.00 bits per heavy atom. The molecule has 1 aromatic carbocycles. The summed E-state index contributed by atoms with van der Waals surface area (Å²) in [5, 5.41) is 5.95. The smallest absolute Gasteiger partial charge is 0.780 e. The van der Waals surface area contributed by atoms with Gasteiger partial charge in [-0.05, 0) is 68.8 Å². The van der Waals surface area contributed by atoms with Gasteiger partial charge in [-0.1, -0.05) is 67.0 Å². The molecule has 0 aromatic heterocycles. The van der Waals surface area contributed by atoms with Crippen LogP contribution in [-0.4, -0.2) is 123 Å². The summed E-state index contributed by atoms with van der Waals surface area (Å²) in [5.41, 5.74) is 0.798. The summed E-state index contributed by atoms with van der Waals surface area (Å²) < 4.78 is 27.1. The zero-order valence-corrected chi connectivity index (χ0v) is 41.8. The molecular weight excluding hydrogens is 775 g/mol. The number of phosphoric ester groups is 1. The second-order valence-electron chi connectivity index (χ2n) is 15.7. The van der Waals surface area contributed by atoms with Crippen LogP contribution in [0.2, 0.25) is 0 Å². The van der Waals surface area contributed by atoms with Gasteiger partial charge in [0, 0.05) is 34.4 Å². The number of ether oxygens (including phenoxy) is 2. The van der Waals surface area contributed by atoms with Crippen molar-refractivity contribution in [2.45, 2.75) is 117 Å². The number of amides is 4. The molecule has 2 N–H and O–H groups in total. The average Bonchev–Trinajstić information content (AvgIpc) is 3.59. The van der Waals surface area contributed by atoms with Gasteiger partial charge in [-0.3, -0.25) is 24.1 Å². The Kier molecular flexibility index (Phi) is 25.8. The number of hydrogen-bond donors (Lipinski definition) is 2. The minimum Gasteiger partial charge on any atom is -0.780 e. The molecule has 2 rings (SSSR count). The maximum Gasteiger partial charge on any atom is 1.00 e. The molecule has 1 saturated heterocycles. The maximum atomic E-state index is 14.2. The standard InChI is InChI=1S/C39H68N5O10P.2Na/c1-13-26(6)35(43(10)39(48)33(24(2)3)41-38(47)34(25(4)5)42(8)9)31(52-11)23-32(45)44-22-14-15-30(44)36(53-12)27(7)37(46)40-21-20-28-16-18-29(19-17-28)54-55(49,50)51;;/h16-19,24-27,30-31,33-36H,13-15,20-23H2,1-12H3,(H,40,46)(H,41,47)(H2,49,50,51);;/q;2*+1/p-2/t26-,27+,30-,31+,33-,34-,35-,36+;;/m0../s1. The molecule has 1 fully saturated rings. The number of benzene rings is 1. The van der Waals surface area contributed by atoms with Crippen LogP contribution < -0.4 is 84.1 Å². The number of rotatable bonds is 22. The first-order valence-electron chi connectivity index (χ1n) is 19.4. The van der Waals surface area contributed by atoms with Crippen LogP contribution >= 0.6 is 7.82 Å². The van der Waals surface area contributed by atoms with Crippen molar-refractivity contribution in [3.05, 3.63) is 29.8 Å². The van der Waals surface area contributed by atoms with Crippen molar-refractivity contribution in [2.24, 2.45) is 23.7 Å². The molecule has 0 unspecified atom stereocenters. The second kappa shape index (κ2) is 26.3. The molecule has 1 aromatic rings. The maximum absolute atomic E-state index is 14.2. The third-order valence-corrected chi connectivity index (χ3v) is 11.2. The van der Waals surface area contributed by atoms with E-state index in [0.29, 0.717) is 25.9 Å². The van der Waals surface area contributed by atoms with E-state index in [0.717, 1.165) is 18.4 Å². The zero-order valence-electron chi connectivity index (χ0n) is 36.9. The van der Waals surface area contributed by atoms with E-state index in [1.165, 1.54) is 19.2 Å². The third-order valence-electron chi connectivity index (χ3n) is 10.8. The van der Waals surface area contributed by atoms with Crippen molar-refractivity contribution < 1.29 is 107 Å². The molecule has 1 aliphatic rings. The number of likely N-dealkylation sites (N-methyl/N-ethyl adjacent to an activating group) is 2. The summed E-state index contributed by atoms with van der Waals surface area (Å²) in [6, 6.07) is 3.98. The Morgan fingerprint density at radius 2 is 1.53 bits per heavy atom. The Balaban J connectivity index is 0.0000157. The summed E-state index contributed by atoms with van der Waals surface area (Å²) in [6.07, 6.45) is 1.35. The minimum atomic E-state index is -5.15. The summed E-state index contributed by atoms with van der Waals surface area (Å²) >= 11 is 0. The van der Waals surface area contributed by atoms with Crippen LogP contribution in [-0.2, 0) is 39.6 Å². The number of carbonyl (C=O) groups excluding carboxylic acids is 4. The third kappa shape index (κ3) is 16.7. The van der Waals surface area contributed by atoms with Crippen LogP contribution in [0.25, 0.3) is 0 Å². The number of nitrogens with zero attached hydrogens (tertiary/aromatic N) is 3. The largest absolute Gasteiger partial charge is 1.00 e. The quantitative estimate of drug-likeness (QED) is 0.0861. The van der Waals surface area contributed by atoms with Gasteiger partial charge in [-0.15, -0.1) is 0 Å². The summed E-state index contributed by atoms with van der Waals surface area (Å²) in [7, 11) is 3.33. The van der Waals surface area contributed by atoms with E-state index in [4.69, 9.17) is 9.47 Å². The predicted octanol–water partition coefficient (Wildman–Crippen LogP) is -3.79. The van der Waals surface area contributed by atoms with Gasteiger partial charge in [0.1, 0.15) is 19.6 Å². The normalized spacial score (nSPS) is 18.1. The van der Waals surface area contributed by atoms with Crippen molar-refractivity contribution in [1.29, 1.82) is 0 Å². The van der Waals surface area contributed by atoms with E-state index >= 15 is 0 Å². The van der Waals surface area contributed by atoms with Gasteiger partial charge in [0.25, 0.3) is 0 Å². The number of methoxy groups -OCH3 is 2. The average molecular weight is 842 g/mol. The van der Waals surface area contributed by atoms with Gasteiger partial charge >= 0.3 is 59.1 Å². The van der Waals surface area contributed by atoms with Crippen molar-refractivity contribution in [1.82, 2.24) is 25.3 Å². The van der Waals surface area contributed by atoms with E-state index in [1.54, 1.807) is 43.0 Å². The Bertz CT molecular complexity index is 1440. The van der Waals surface area contributed by atoms with Gasteiger partial charge < -0.3 is 48.8 Å². The number of nitrogens with one attached hydrogen (secondary N) is 2. The van der Waals surface area contributed by atoms with Gasteiger partial charge in [0.2, 0.25) is 23.6 Å². The van der Waals surface area contributed by atoms with Crippen molar-refractivity contribution in [2.75, 3.05) is 48.5 Å². The van der Waals surface area contributed by atoms with Crippen LogP contribution in [0.15, 0.2) is 24.3 Å². The number of likely N-dealkylation sites (tertiary alicyclic amines) is 1. The molecule has 18 heteroatoms. The fourth-order valence-electron chi connectivity index (χ4n) is 7.75. The van der Waals surface area contributed by atoms with Crippen LogP contribution in [0, 0.1) is 23.7 Å². The number of hydrogen-bond acceptors (Lipinski definition) is 11. The molecule has 0 saturated carbocycles. The van der Waals surface area contributed by atoms with Gasteiger partial charge in [-0.2, -0.15) is 0 Å². The summed E-state index contributed by atoms with van der Waals surface area (Å²) in [6.45, 7) is 14.4. The van der Waals surface area contributed by atoms with Gasteiger partial charge in [0.15, 0.2) is 0 Å². The Morgan fingerprint density at radius 1 is 0.930 bits per heavy atom. The molecule has 1 aliphatic heterocycles. The van der Waals surface area contributed by atoms with E-state index in [2.05, 4.69) is 15.2 Å². The van der Waals surface area contributed by atoms with Crippen LogP contribution in [0.1, 0.15) is 79.7 Å². The van der Waals surface area contributed by atoms with E-state index in [9.17, 15) is 33.5 Å². The second-order valence-corrected chi connectivity index (χ2v) is 16.8. The zero-order chi connectivity index (χ0) is 41.8. The molecule has 0 aliphatic carbocycles. The SMILES string of the molecule is CC[C@H](C)[C@@H]([C@@H](CC(=O)N1CCC[C@H]1[C@H](OC)[C@@H](C)C(=O)NCCc1ccc(OP(=O)([O-])[O-])cc1)OC)N(C)C(=O)[C@@H](NC(=O)[C@H](C(C)C)N(C)C)C(C)C.[Na+].[Na+]. The molecule has 0 radical (unpaired) electrons. The Hall–Kier alpha value is -1.07. The number of carbonyl (C=O) groups is 4. The topological polar surface area (TPSA) is 193 Å². The van der Waals surface area contributed by atoms with Crippen molar-refractivity contribution in [3.8, 4) is 5.75 Å². The van der Waals surface area contributed by atoms with Crippen molar-refractivity contribution in [3.63, 3.8) is 0 Å². The summed E-state index contributed by atoms with van der Waals surface area (Å²) in [5.74, 6) is -1.73. The predicted molar refractivity (Wildman–Crippen MR) is 207 cm³/mol. The number of phosphoric acid groups is 1. The first kappa shape index (κ1) is 55.9. The molecule has 4 amide bonds. The first-order valence-corrected chi connectivity index (χ1v) is 20.8.